The number of nitrogens with one attached hydrogen (secondary N) is 1. The Bertz CT molecular complexity index is 1250. The Morgan fingerprint density at radius 1 is 1.38 bits per heavy atom. The number of pyridine rings is 3. The molecule has 0 aromatic carbocycles. The fourth-order valence-electron chi connectivity index (χ4n) is 3.07. The van der Waals surface area contributed by atoms with Crippen LogP contribution in [0, 0.1) is 18.3 Å². The number of nitriles is 1. The van der Waals surface area contributed by atoms with E-state index in [2.05, 4.69) is 11.1 Å². The van der Waals surface area contributed by atoms with Gasteiger partial charge in [-0.25, -0.2) is 9.55 Å². The number of nitrogen functional groups attached to an aromatic ring is 1. The highest BCUT2D eigenvalue weighted by molar-refractivity contribution is 5.77. The van der Waals surface area contributed by atoms with Crippen molar-refractivity contribution in [2.45, 2.75) is 13.5 Å². The molecule has 0 fully saturated rings. The average Bonchev–Trinajstić information content (AvgIpc) is 2.66. The maximum atomic E-state index is 13.0. The number of hydrogen-bond acceptors (Lipinski definition) is 4. The molecular weight excluding hydrogens is 328 g/mol. The van der Waals surface area contributed by atoms with Gasteiger partial charge in [0.2, 0.25) is 11.5 Å². The van der Waals surface area contributed by atoms with Gasteiger partial charge in [-0.15, -0.1) is 0 Å². The third-order valence-corrected chi connectivity index (χ3v) is 4.41. The molecule has 0 atom stereocenters. The molecule has 0 aliphatic heterocycles. The van der Waals surface area contributed by atoms with Crippen LogP contribution in [0.2, 0.25) is 0 Å². The minimum atomic E-state index is -0.224. The van der Waals surface area contributed by atoms with Crippen LogP contribution >= 0.6 is 0 Å². The second kappa shape index (κ2) is 5.93. The molecule has 7 nitrogen and oxygen atoms in total. The molecule has 0 aliphatic rings. The Kier molecular flexibility index (Phi) is 3.59. The van der Waals surface area contributed by atoms with Crippen molar-refractivity contribution in [3.8, 4) is 6.07 Å². The van der Waals surface area contributed by atoms with Crippen molar-refractivity contribution in [1.29, 1.82) is 5.26 Å². The lowest BCUT2D eigenvalue weighted by atomic mass is 10.2. The summed E-state index contributed by atoms with van der Waals surface area (Å²) in [4.78, 5) is 20.7. The van der Waals surface area contributed by atoms with E-state index in [1.54, 1.807) is 16.8 Å². The SMILES string of the molecule is Cc1cccn2c(=O)c3cc(C#N)c(N)[n+](Cc4ccc[nH+]c4)c3nc12. The standard InChI is InChI=1S/C19H14N6O/c1-12-4-3-7-24-17(12)23-18-15(19(24)26)8-14(9-20)16(21)25(18)11-13-5-2-6-22-10-13/h2-8,10,21H,11H2,1H3/p+2. The molecule has 0 radical (unpaired) electrons. The zero-order valence-corrected chi connectivity index (χ0v) is 14.1. The Balaban J connectivity index is 2.13. The first kappa shape index (κ1) is 15.7. The van der Waals surface area contributed by atoms with Crippen LogP contribution in [-0.2, 0) is 6.54 Å². The van der Waals surface area contributed by atoms with E-state index in [4.69, 9.17) is 10.7 Å². The summed E-state index contributed by atoms with van der Waals surface area (Å²) in [5.74, 6) is 0.286. The van der Waals surface area contributed by atoms with E-state index in [-0.39, 0.29) is 16.9 Å². The minimum absolute atomic E-state index is 0.224. The summed E-state index contributed by atoms with van der Waals surface area (Å²) in [6, 6.07) is 11.1. The fourth-order valence-corrected chi connectivity index (χ4v) is 3.07. The zero-order valence-electron chi connectivity index (χ0n) is 14.1. The molecule has 3 N–H and O–H groups in total. The van der Waals surface area contributed by atoms with Gasteiger partial charge in [0.05, 0.1) is 5.56 Å². The van der Waals surface area contributed by atoms with Crippen LogP contribution in [0.15, 0.2) is 53.7 Å². The zero-order chi connectivity index (χ0) is 18.3. The van der Waals surface area contributed by atoms with Crippen molar-refractivity contribution in [2.75, 3.05) is 5.73 Å². The Morgan fingerprint density at radius 3 is 2.96 bits per heavy atom. The highest BCUT2D eigenvalue weighted by atomic mass is 16.1. The molecule has 4 rings (SSSR count). The van der Waals surface area contributed by atoms with E-state index in [0.717, 1.165) is 11.1 Å². The van der Waals surface area contributed by atoms with Crippen molar-refractivity contribution >= 4 is 22.5 Å². The third-order valence-electron chi connectivity index (χ3n) is 4.41. The molecule has 0 amide bonds. The number of aromatic nitrogens is 4. The lowest BCUT2D eigenvalue weighted by Crippen LogP contribution is -2.41. The number of nitrogens with two attached hydrogens (primary N) is 1. The predicted octanol–water partition coefficient (Wildman–Crippen LogP) is 0.760. The van der Waals surface area contributed by atoms with E-state index in [1.807, 2.05) is 37.5 Å². The maximum absolute atomic E-state index is 13.0. The third kappa shape index (κ3) is 2.36. The van der Waals surface area contributed by atoms with E-state index in [0.29, 0.717) is 23.2 Å². The molecule has 4 aromatic heterocycles. The number of anilines is 1. The summed E-state index contributed by atoms with van der Waals surface area (Å²) in [6.45, 7) is 2.29. The smallest absolute Gasteiger partial charge is 0.278 e. The van der Waals surface area contributed by atoms with E-state index < -0.39 is 0 Å². The van der Waals surface area contributed by atoms with Crippen molar-refractivity contribution in [3.05, 3.63) is 76.0 Å². The normalized spacial score (nSPS) is 10.9. The fraction of sp³-hybridized carbons (Fsp3) is 0.105. The van der Waals surface area contributed by atoms with Gasteiger partial charge in [-0.2, -0.15) is 5.26 Å². The number of H-pyrrole nitrogens is 1. The number of nitrogens with zero attached hydrogens (tertiary/aromatic N) is 4. The van der Waals surface area contributed by atoms with Crippen LogP contribution < -0.4 is 20.8 Å². The van der Waals surface area contributed by atoms with Gasteiger partial charge in [-0.3, -0.25) is 9.20 Å². The molecule has 4 aromatic rings. The van der Waals surface area contributed by atoms with Crippen molar-refractivity contribution in [3.63, 3.8) is 0 Å². The van der Waals surface area contributed by atoms with Gasteiger partial charge < -0.3 is 5.73 Å². The molecule has 0 aliphatic carbocycles. The van der Waals surface area contributed by atoms with Gasteiger partial charge in [0.25, 0.3) is 11.2 Å². The first-order chi connectivity index (χ1) is 12.6. The topological polar surface area (TPSA) is 102 Å². The number of rotatable bonds is 2. The van der Waals surface area contributed by atoms with E-state index >= 15 is 0 Å². The first-order valence-electron chi connectivity index (χ1n) is 8.09. The lowest BCUT2D eigenvalue weighted by Gasteiger charge is -2.09. The molecule has 0 bridgehead atoms. The van der Waals surface area contributed by atoms with Crippen LogP contribution in [-0.4, -0.2) is 9.38 Å². The largest absolute Gasteiger partial charge is 0.317 e. The summed E-state index contributed by atoms with van der Waals surface area (Å²) < 4.78 is 3.21. The van der Waals surface area contributed by atoms with Crippen molar-refractivity contribution in [2.24, 2.45) is 0 Å². The molecule has 0 saturated carbocycles. The van der Waals surface area contributed by atoms with Gasteiger partial charge in [0.15, 0.2) is 12.4 Å². The Morgan fingerprint density at radius 2 is 2.23 bits per heavy atom. The van der Waals surface area contributed by atoms with Crippen LogP contribution in [0.25, 0.3) is 16.7 Å². The highest BCUT2D eigenvalue weighted by Gasteiger charge is 2.22. The predicted molar refractivity (Wildman–Crippen MR) is 95.1 cm³/mol. The first-order valence-corrected chi connectivity index (χ1v) is 8.09. The maximum Gasteiger partial charge on any atom is 0.278 e. The van der Waals surface area contributed by atoms with Gasteiger partial charge >= 0.3 is 0 Å². The second-order valence-electron chi connectivity index (χ2n) is 6.09. The average molecular weight is 344 g/mol. The minimum Gasteiger partial charge on any atom is -0.317 e. The Hall–Kier alpha value is -3.79. The van der Waals surface area contributed by atoms with Gasteiger partial charge in [0, 0.05) is 17.8 Å². The molecule has 0 unspecified atom stereocenters. The molecule has 4 heterocycles. The number of fused-ring (bicyclic) bond motifs is 2. The summed E-state index contributed by atoms with van der Waals surface area (Å²) in [6.07, 6.45) is 5.33. The van der Waals surface area contributed by atoms with E-state index in [9.17, 15) is 10.1 Å². The number of aryl methyl sites for hydroxylation is 1. The van der Waals surface area contributed by atoms with Crippen molar-refractivity contribution < 1.29 is 9.55 Å². The summed E-state index contributed by atoms with van der Waals surface area (Å²) >= 11 is 0. The van der Waals surface area contributed by atoms with Gasteiger partial charge in [-0.1, -0.05) is 11.1 Å². The molecule has 0 saturated heterocycles. The summed E-state index contributed by atoms with van der Waals surface area (Å²) in [7, 11) is 0. The number of hydrogen-bond donors (Lipinski definition) is 1. The van der Waals surface area contributed by atoms with E-state index in [1.165, 1.54) is 10.5 Å². The van der Waals surface area contributed by atoms with Crippen LogP contribution in [0.1, 0.15) is 16.7 Å². The molecule has 7 heteroatoms. The molecule has 126 valence electrons. The summed E-state index contributed by atoms with van der Waals surface area (Å²) in [5.41, 5.74) is 9.12. The van der Waals surface area contributed by atoms with Crippen LogP contribution in [0.3, 0.4) is 0 Å². The monoisotopic (exact) mass is 344 g/mol. The lowest BCUT2D eigenvalue weighted by molar-refractivity contribution is -0.650. The molecular formula is C19H16N6O+2. The van der Waals surface area contributed by atoms with Crippen LogP contribution in [0.5, 0.6) is 0 Å². The molecule has 0 spiro atoms. The quantitative estimate of drug-likeness (QED) is 0.428. The van der Waals surface area contributed by atoms with Crippen LogP contribution in [0.4, 0.5) is 5.82 Å². The summed E-state index contributed by atoms with van der Waals surface area (Å²) in [5, 5.41) is 9.80. The van der Waals surface area contributed by atoms with Crippen molar-refractivity contribution in [1.82, 2.24) is 9.38 Å². The van der Waals surface area contributed by atoms with Gasteiger partial charge in [0.1, 0.15) is 23.6 Å². The Labute approximate surface area is 148 Å². The second-order valence-corrected chi connectivity index (χ2v) is 6.09. The molecule has 26 heavy (non-hydrogen) atoms. The van der Waals surface area contributed by atoms with Gasteiger partial charge in [-0.05, 0) is 25.1 Å². The number of aromatic amines is 1. The highest BCUT2D eigenvalue weighted by Crippen LogP contribution is 2.15.